The highest BCUT2D eigenvalue weighted by Crippen LogP contribution is 1.94. The average Bonchev–Trinajstić information content (AvgIpc) is 2.20. The first kappa shape index (κ1) is 11.1. The quantitative estimate of drug-likeness (QED) is 0.731. The Hall–Kier alpha value is -1.00. The molecule has 1 heterocycles. The molecule has 1 rings (SSSR count). The third kappa shape index (κ3) is 4.30. The summed E-state index contributed by atoms with van der Waals surface area (Å²) in [6, 6.07) is 1.91. The summed E-state index contributed by atoms with van der Waals surface area (Å²) in [5.41, 5.74) is 1.02. The molecule has 78 valence electrons. The van der Waals surface area contributed by atoms with E-state index in [-0.39, 0.29) is 0 Å². The molecule has 4 heteroatoms. The smallest absolute Gasteiger partial charge is 0.115 e. The van der Waals surface area contributed by atoms with Crippen LogP contribution in [0.1, 0.15) is 12.6 Å². The molecule has 0 aliphatic heterocycles. The van der Waals surface area contributed by atoms with Crippen molar-refractivity contribution in [3.8, 4) is 0 Å². The van der Waals surface area contributed by atoms with Crippen molar-refractivity contribution < 1.29 is 4.74 Å². The molecule has 0 aromatic carbocycles. The van der Waals surface area contributed by atoms with Gasteiger partial charge < -0.3 is 10.1 Å². The molecule has 4 nitrogen and oxygen atoms in total. The van der Waals surface area contributed by atoms with Gasteiger partial charge in [-0.2, -0.15) is 0 Å². The highest BCUT2D eigenvalue weighted by molar-refractivity contribution is 4.96. The van der Waals surface area contributed by atoms with Crippen LogP contribution in [0.25, 0.3) is 0 Å². The van der Waals surface area contributed by atoms with Gasteiger partial charge in [0.2, 0.25) is 0 Å². The minimum atomic E-state index is 0.529. The molecule has 0 fully saturated rings. The Balaban J connectivity index is 2.16. The summed E-state index contributed by atoms with van der Waals surface area (Å²) in [6.45, 7) is 4.67. The molecule has 0 radical (unpaired) electrons. The van der Waals surface area contributed by atoms with E-state index in [4.69, 9.17) is 4.74 Å². The van der Waals surface area contributed by atoms with Crippen LogP contribution in [0.5, 0.6) is 0 Å². The van der Waals surface area contributed by atoms with Crippen molar-refractivity contribution in [3.05, 3.63) is 24.3 Å². The number of methoxy groups -OCH3 is 1. The molecule has 0 spiro atoms. The molecule has 0 aliphatic rings. The SMILES string of the molecule is COCC(C)CNCc1ccncn1. The summed E-state index contributed by atoms with van der Waals surface area (Å²) < 4.78 is 5.04. The van der Waals surface area contributed by atoms with E-state index in [0.29, 0.717) is 5.92 Å². The lowest BCUT2D eigenvalue weighted by molar-refractivity contribution is 0.158. The lowest BCUT2D eigenvalue weighted by Gasteiger charge is -2.10. The number of hydrogen-bond donors (Lipinski definition) is 1. The van der Waals surface area contributed by atoms with Crippen molar-refractivity contribution in [2.45, 2.75) is 13.5 Å². The van der Waals surface area contributed by atoms with Gasteiger partial charge in [0.05, 0.1) is 5.69 Å². The van der Waals surface area contributed by atoms with Gasteiger partial charge in [0.1, 0.15) is 6.33 Å². The predicted molar refractivity (Wildman–Crippen MR) is 54.8 cm³/mol. The molecular weight excluding hydrogens is 178 g/mol. The Morgan fingerprint density at radius 3 is 3.07 bits per heavy atom. The van der Waals surface area contributed by atoms with Gasteiger partial charge in [-0.15, -0.1) is 0 Å². The summed E-state index contributed by atoms with van der Waals surface area (Å²) in [5.74, 6) is 0.529. The molecule has 1 aromatic rings. The van der Waals surface area contributed by atoms with Crippen LogP contribution >= 0.6 is 0 Å². The molecule has 0 saturated carbocycles. The molecular formula is C10H17N3O. The van der Waals surface area contributed by atoms with Crippen LogP contribution in [0.2, 0.25) is 0 Å². The van der Waals surface area contributed by atoms with Gasteiger partial charge in [0.25, 0.3) is 0 Å². The Morgan fingerprint density at radius 1 is 1.57 bits per heavy atom. The standard InChI is InChI=1S/C10H17N3O/c1-9(7-14-2)5-12-6-10-3-4-11-8-13-10/h3-4,8-9,12H,5-7H2,1-2H3. The van der Waals surface area contributed by atoms with Crippen molar-refractivity contribution in [1.82, 2.24) is 15.3 Å². The average molecular weight is 195 g/mol. The zero-order chi connectivity index (χ0) is 10.2. The molecule has 0 amide bonds. The van der Waals surface area contributed by atoms with Gasteiger partial charge in [-0.3, -0.25) is 0 Å². The van der Waals surface area contributed by atoms with Crippen LogP contribution in [0, 0.1) is 5.92 Å². The van der Waals surface area contributed by atoms with Crippen LogP contribution in [-0.2, 0) is 11.3 Å². The zero-order valence-electron chi connectivity index (χ0n) is 8.73. The Morgan fingerprint density at radius 2 is 2.43 bits per heavy atom. The summed E-state index contributed by atoms with van der Waals surface area (Å²) in [5, 5.41) is 3.32. The Labute approximate surface area is 84.7 Å². The second kappa shape index (κ2) is 6.45. The Bertz CT molecular complexity index is 240. The van der Waals surface area contributed by atoms with Crippen LogP contribution in [0.4, 0.5) is 0 Å². The van der Waals surface area contributed by atoms with Gasteiger partial charge in [-0.05, 0) is 12.0 Å². The summed E-state index contributed by atoms with van der Waals surface area (Å²) in [4.78, 5) is 7.98. The molecule has 0 saturated heterocycles. The fourth-order valence-corrected chi connectivity index (χ4v) is 1.21. The normalized spacial score (nSPS) is 12.7. The highest BCUT2D eigenvalue weighted by atomic mass is 16.5. The Kier molecular flexibility index (Phi) is 5.11. The van der Waals surface area contributed by atoms with E-state index in [0.717, 1.165) is 25.4 Å². The largest absolute Gasteiger partial charge is 0.384 e. The minimum absolute atomic E-state index is 0.529. The first-order chi connectivity index (χ1) is 6.83. The molecule has 1 unspecified atom stereocenters. The number of nitrogens with zero attached hydrogens (tertiary/aromatic N) is 2. The summed E-state index contributed by atoms with van der Waals surface area (Å²) in [7, 11) is 1.72. The zero-order valence-corrected chi connectivity index (χ0v) is 8.73. The topological polar surface area (TPSA) is 47.0 Å². The van der Waals surface area contributed by atoms with Gasteiger partial charge >= 0.3 is 0 Å². The molecule has 1 atom stereocenters. The molecule has 14 heavy (non-hydrogen) atoms. The number of aromatic nitrogens is 2. The van der Waals surface area contributed by atoms with E-state index in [1.807, 2.05) is 6.07 Å². The van der Waals surface area contributed by atoms with Crippen LogP contribution in [0.15, 0.2) is 18.6 Å². The number of nitrogens with one attached hydrogen (secondary N) is 1. The third-order valence-corrected chi connectivity index (χ3v) is 1.89. The van der Waals surface area contributed by atoms with Crippen molar-refractivity contribution >= 4 is 0 Å². The number of ether oxygens (including phenoxy) is 1. The van der Waals surface area contributed by atoms with Gasteiger partial charge in [-0.25, -0.2) is 9.97 Å². The van der Waals surface area contributed by atoms with E-state index in [1.165, 1.54) is 0 Å². The molecule has 0 bridgehead atoms. The number of hydrogen-bond acceptors (Lipinski definition) is 4. The third-order valence-electron chi connectivity index (χ3n) is 1.89. The second-order valence-electron chi connectivity index (χ2n) is 3.39. The number of rotatable bonds is 6. The lowest BCUT2D eigenvalue weighted by atomic mass is 10.2. The monoisotopic (exact) mass is 195 g/mol. The van der Waals surface area contributed by atoms with Gasteiger partial charge in [0.15, 0.2) is 0 Å². The molecule has 0 aliphatic carbocycles. The maximum absolute atomic E-state index is 5.04. The van der Waals surface area contributed by atoms with Crippen molar-refractivity contribution in [3.63, 3.8) is 0 Å². The summed E-state index contributed by atoms with van der Waals surface area (Å²) >= 11 is 0. The van der Waals surface area contributed by atoms with Crippen molar-refractivity contribution in [2.24, 2.45) is 5.92 Å². The first-order valence-corrected chi connectivity index (χ1v) is 4.77. The van der Waals surface area contributed by atoms with E-state index >= 15 is 0 Å². The predicted octanol–water partition coefficient (Wildman–Crippen LogP) is 0.849. The van der Waals surface area contributed by atoms with Gasteiger partial charge in [0, 0.05) is 33.0 Å². The fraction of sp³-hybridized carbons (Fsp3) is 0.600. The van der Waals surface area contributed by atoms with Crippen molar-refractivity contribution in [1.29, 1.82) is 0 Å². The maximum Gasteiger partial charge on any atom is 0.115 e. The second-order valence-corrected chi connectivity index (χ2v) is 3.39. The van der Waals surface area contributed by atoms with Gasteiger partial charge in [-0.1, -0.05) is 6.92 Å². The van der Waals surface area contributed by atoms with Crippen molar-refractivity contribution in [2.75, 3.05) is 20.3 Å². The fourth-order valence-electron chi connectivity index (χ4n) is 1.21. The first-order valence-electron chi connectivity index (χ1n) is 4.77. The van der Waals surface area contributed by atoms with Crippen LogP contribution in [-0.4, -0.2) is 30.2 Å². The van der Waals surface area contributed by atoms with E-state index in [9.17, 15) is 0 Å². The molecule has 1 N–H and O–H groups in total. The van der Waals surface area contributed by atoms with E-state index in [2.05, 4.69) is 22.2 Å². The summed E-state index contributed by atoms with van der Waals surface area (Å²) in [6.07, 6.45) is 3.32. The molecule has 1 aromatic heterocycles. The van der Waals surface area contributed by atoms with E-state index in [1.54, 1.807) is 19.6 Å². The minimum Gasteiger partial charge on any atom is -0.384 e. The van der Waals surface area contributed by atoms with Crippen LogP contribution < -0.4 is 5.32 Å². The highest BCUT2D eigenvalue weighted by Gasteiger charge is 2.00. The lowest BCUT2D eigenvalue weighted by Crippen LogP contribution is -2.23. The van der Waals surface area contributed by atoms with Crippen LogP contribution in [0.3, 0.4) is 0 Å². The van der Waals surface area contributed by atoms with E-state index < -0.39 is 0 Å². The maximum atomic E-state index is 5.04.